The van der Waals surface area contributed by atoms with E-state index in [1.165, 1.54) is 38.8 Å². The van der Waals surface area contributed by atoms with Gasteiger partial charge in [0, 0.05) is 31.0 Å². The average Bonchev–Trinajstić information content (AvgIpc) is 3.82. The molecule has 1 atom stereocenters. The number of aliphatic carboxylic acids is 1. The van der Waals surface area contributed by atoms with Gasteiger partial charge in [-0.2, -0.15) is 0 Å². The van der Waals surface area contributed by atoms with Gasteiger partial charge >= 0.3 is 5.97 Å². The normalized spacial score (nSPS) is 28.8. The maximum absolute atomic E-state index is 11.4. The number of amides is 2. The number of hydrogen-bond acceptors (Lipinski definition) is 6. The molecule has 4 aliphatic heterocycles. The lowest BCUT2D eigenvalue weighted by atomic mass is 9.71. The number of imide groups is 1. The van der Waals surface area contributed by atoms with Crippen molar-refractivity contribution in [3.63, 3.8) is 0 Å². The summed E-state index contributed by atoms with van der Waals surface area (Å²) in [5, 5.41) is 11.3. The zero-order valence-electron chi connectivity index (χ0n) is 26.8. The van der Waals surface area contributed by atoms with Crippen LogP contribution in [0.5, 0.6) is 0 Å². The Morgan fingerprint density at radius 3 is 1.34 bits per heavy atom. The van der Waals surface area contributed by atoms with E-state index >= 15 is 0 Å². The van der Waals surface area contributed by atoms with Crippen molar-refractivity contribution in [1.82, 2.24) is 20.0 Å². The Labute approximate surface area is 249 Å². The van der Waals surface area contributed by atoms with Gasteiger partial charge in [0.1, 0.15) is 0 Å². The number of carboxylic acid groups (broad SMARTS) is 1. The third-order valence-corrected chi connectivity index (χ3v) is 11.5. The van der Waals surface area contributed by atoms with Gasteiger partial charge in [-0.1, -0.05) is 0 Å². The molecule has 0 radical (unpaired) electrons. The Bertz CT molecular complexity index is 900. The van der Waals surface area contributed by atoms with Gasteiger partial charge in [0.2, 0.25) is 11.8 Å². The fourth-order valence-electron chi connectivity index (χ4n) is 7.78. The monoisotopic (exact) mass is 574 g/mol. The van der Waals surface area contributed by atoms with Crippen LogP contribution in [0, 0.1) is 22.2 Å². The number of carboxylic acids is 1. The third kappa shape index (κ3) is 8.32. The lowest BCUT2D eigenvalue weighted by Gasteiger charge is -2.44. The van der Waals surface area contributed by atoms with Crippen LogP contribution in [0.4, 0.5) is 0 Å². The summed E-state index contributed by atoms with van der Waals surface area (Å²) in [5.41, 5.74) is 1.01. The van der Waals surface area contributed by atoms with Crippen LogP contribution in [0.15, 0.2) is 0 Å². The molecule has 0 bridgehead atoms. The minimum Gasteiger partial charge on any atom is -0.481 e. The first-order valence-corrected chi connectivity index (χ1v) is 16.6. The Balaban J connectivity index is 0.000000144. The van der Waals surface area contributed by atoms with Crippen LogP contribution < -0.4 is 5.32 Å². The van der Waals surface area contributed by atoms with E-state index in [0.29, 0.717) is 24.9 Å². The lowest BCUT2D eigenvalue weighted by Crippen LogP contribution is -2.50. The van der Waals surface area contributed by atoms with Crippen molar-refractivity contribution < 1.29 is 19.5 Å². The first-order chi connectivity index (χ1) is 19.3. The van der Waals surface area contributed by atoms with Crippen LogP contribution in [0.1, 0.15) is 112 Å². The zero-order chi connectivity index (χ0) is 30.0. The average molecular weight is 575 g/mol. The highest BCUT2D eigenvalue weighted by atomic mass is 16.4. The first kappa shape index (κ1) is 32.4. The van der Waals surface area contributed by atoms with Crippen molar-refractivity contribution in [3.05, 3.63) is 0 Å². The second-order valence-electron chi connectivity index (χ2n) is 15.2. The molecule has 6 aliphatic rings. The summed E-state index contributed by atoms with van der Waals surface area (Å²) in [6, 6.07) is 1.94. The Kier molecular flexibility index (Phi) is 10.3. The van der Waals surface area contributed by atoms with Crippen LogP contribution in [-0.4, -0.2) is 95.0 Å². The van der Waals surface area contributed by atoms with Gasteiger partial charge in [0.25, 0.3) is 0 Å². The molecule has 2 saturated carbocycles. The molecule has 41 heavy (non-hydrogen) atoms. The first-order valence-electron chi connectivity index (χ1n) is 16.6. The van der Waals surface area contributed by atoms with E-state index < -0.39 is 5.97 Å². The quantitative estimate of drug-likeness (QED) is 0.468. The van der Waals surface area contributed by atoms with Gasteiger partial charge in [-0.15, -0.1) is 0 Å². The number of likely N-dealkylation sites (tertiary alicyclic amines) is 3. The molecule has 2 aliphatic carbocycles. The topological polar surface area (TPSA) is 93.2 Å². The number of carbonyl (C=O) groups is 3. The SMILES string of the molecule is CC(C)N1CCC2(CC1)CC(=O)NC(=O)C2.CC(C)N1CCC2(CC1)CC2.CC(C)N1CCC2(CC1)CC2C(=O)O. The molecule has 6 rings (SSSR count). The van der Waals surface area contributed by atoms with Gasteiger partial charge in [0.05, 0.1) is 5.92 Å². The van der Waals surface area contributed by atoms with Crippen molar-refractivity contribution in [3.8, 4) is 0 Å². The molecule has 8 heteroatoms. The molecule has 8 nitrogen and oxygen atoms in total. The molecule has 4 heterocycles. The number of carbonyl (C=O) groups excluding carboxylic acids is 2. The van der Waals surface area contributed by atoms with E-state index in [1.807, 2.05) is 0 Å². The van der Waals surface area contributed by atoms with E-state index in [9.17, 15) is 14.4 Å². The summed E-state index contributed by atoms with van der Waals surface area (Å²) < 4.78 is 0. The molecule has 0 aromatic heterocycles. The van der Waals surface area contributed by atoms with Crippen molar-refractivity contribution in [2.75, 3.05) is 39.3 Å². The van der Waals surface area contributed by atoms with Crippen molar-refractivity contribution in [1.29, 1.82) is 0 Å². The second kappa shape index (κ2) is 13.0. The molecule has 0 aromatic carbocycles. The largest absolute Gasteiger partial charge is 0.481 e. The minimum absolute atomic E-state index is 0.0307. The summed E-state index contributed by atoms with van der Waals surface area (Å²) >= 11 is 0. The lowest BCUT2D eigenvalue weighted by molar-refractivity contribution is -0.141. The second-order valence-corrected chi connectivity index (χ2v) is 15.2. The van der Waals surface area contributed by atoms with Crippen LogP contribution in [0.2, 0.25) is 0 Å². The number of nitrogens with one attached hydrogen (secondary N) is 1. The van der Waals surface area contributed by atoms with E-state index in [-0.39, 0.29) is 28.6 Å². The van der Waals surface area contributed by atoms with Crippen LogP contribution >= 0.6 is 0 Å². The van der Waals surface area contributed by atoms with Crippen LogP contribution in [0.3, 0.4) is 0 Å². The molecule has 6 fully saturated rings. The number of hydrogen-bond donors (Lipinski definition) is 2. The summed E-state index contributed by atoms with van der Waals surface area (Å²) in [6.45, 7) is 20.3. The molecule has 2 N–H and O–H groups in total. The third-order valence-electron chi connectivity index (χ3n) is 11.5. The predicted octanol–water partition coefficient (Wildman–Crippen LogP) is 4.77. The van der Waals surface area contributed by atoms with Crippen molar-refractivity contribution in [2.24, 2.45) is 22.2 Å². The van der Waals surface area contributed by atoms with Gasteiger partial charge in [-0.05, 0) is 155 Å². The number of rotatable bonds is 4. The Morgan fingerprint density at radius 2 is 1.02 bits per heavy atom. The number of piperidine rings is 4. The fraction of sp³-hybridized carbons (Fsp3) is 0.909. The predicted molar refractivity (Wildman–Crippen MR) is 162 cm³/mol. The van der Waals surface area contributed by atoms with Gasteiger partial charge in [-0.3, -0.25) is 19.7 Å². The molecular formula is C33H58N4O4. The summed E-state index contributed by atoms with van der Waals surface area (Å²) in [7, 11) is 0. The van der Waals surface area contributed by atoms with Gasteiger partial charge < -0.3 is 19.8 Å². The summed E-state index contributed by atoms with van der Waals surface area (Å²) in [4.78, 5) is 41.2. The maximum atomic E-state index is 11.4. The molecule has 2 amide bonds. The molecular weight excluding hydrogens is 516 g/mol. The molecule has 1 unspecified atom stereocenters. The minimum atomic E-state index is -0.581. The molecule has 4 saturated heterocycles. The summed E-state index contributed by atoms with van der Waals surface area (Å²) in [5.74, 6) is -0.789. The van der Waals surface area contributed by atoms with E-state index in [4.69, 9.17) is 5.11 Å². The fourth-order valence-corrected chi connectivity index (χ4v) is 7.78. The van der Waals surface area contributed by atoms with E-state index in [0.717, 1.165) is 69.7 Å². The molecule has 234 valence electrons. The van der Waals surface area contributed by atoms with E-state index in [1.54, 1.807) is 0 Å². The van der Waals surface area contributed by atoms with Crippen LogP contribution in [-0.2, 0) is 14.4 Å². The Morgan fingerprint density at radius 1 is 0.659 bits per heavy atom. The Hall–Kier alpha value is -1.51. The van der Waals surface area contributed by atoms with Crippen LogP contribution in [0.25, 0.3) is 0 Å². The summed E-state index contributed by atoms with van der Waals surface area (Å²) in [6.07, 6.45) is 12.1. The van der Waals surface area contributed by atoms with Gasteiger partial charge in [0.15, 0.2) is 0 Å². The zero-order valence-corrected chi connectivity index (χ0v) is 26.8. The van der Waals surface area contributed by atoms with E-state index in [2.05, 4.69) is 61.6 Å². The highest BCUT2D eigenvalue weighted by molar-refractivity contribution is 5.98. The van der Waals surface area contributed by atoms with Crippen molar-refractivity contribution >= 4 is 17.8 Å². The standard InChI is InChI=1S/C12H20N2O2.C11H19NO2.C10H19N/c1-9(2)14-5-3-12(4-6-14)7-10(15)13-11(16)8-12;1-8(2)12-5-3-11(4-6-12)7-9(11)10(13)14;1-9(2)11-7-5-10(3-4-10)6-8-11/h9H,3-8H2,1-2H3,(H,13,15,16);8-9H,3-7H2,1-2H3,(H,13,14);9H,3-8H2,1-2H3. The smallest absolute Gasteiger partial charge is 0.307 e. The van der Waals surface area contributed by atoms with Gasteiger partial charge in [-0.25, -0.2) is 0 Å². The highest BCUT2D eigenvalue weighted by Gasteiger charge is 2.58. The van der Waals surface area contributed by atoms with Crippen molar-refractivity contribution in [2.45, 2.75) is 130 Å². The number of nitrogens with zero attached hydrogens (tertiary/aromatic N) is 3. The molecule has 3 spiro atoms. The maximum Gasteiger partial charge on any atom is 0.307 e. The molecule has 0 aromatic rings. The highest BCUT2D eigenvalue weighted by Crippen LogP contribution is 2.59.